The van der Waals surface area contributed by atoms with Crippen molar-refractivity contribution < 1.29 is 13.9 Å². The molecule has 0 spiro atoms. The third-order valence-corrected chi connectivity index (χ3v) is 2.32. The van der Waals surface area contributed by atoms with Gasteiger partial charge < -0.3 is 4.74 Å². The predicted molar refractivity (Wildman–Crippen MR) is 61.1 cm³/mol. The molecule has 1 heterocycles. The maximum atomic E-state index is 13.5. The van der Waals surface area contributed by atoms with Gasteiger partial charge in [-0.25, -0.2) is 9.37 Å². The lowest BCUT2D eigenvalue weighted by molar-refractivity contribution is 0.112. The molecule has 0 saturated carbocycles. The SMILES string of the molecule is O=Cc1ccc(Oc2cccc(Cl)c2F)nc1. The number of hydrogen-bond donors (Lipinski definition) is 0. The van der Waals surface area contributed by atoms with E-state index in [0.29, 0.717) is 11.8 Å². The van der Waals surface area contributed by atoms with Crippen molar-refractivity contribution in [1.29, 1.82) is 0 Å². The first kappa shape index (κ1) is 11.5. The standard InChI is InChI=1S/C12H7ClFNO2/c13-9-2-1-3-10(12(9)14)17-11-5-4-8(7-16)6-15-11/h1-7H. The first-order chi connectivity index (χ1) is 8.20. The van der Waals surface area contributed by atoms with Crippen LogP contribution >= 0.6 is 11.6 Å². The summed E-state index contributed by atoms with van der Waals surface area (Å²) >= 11 is 5.61. The van der Waals surface area contributed by atoms with Crippen molar-refractivity contribution in [3.8, 4) is 11.6 Å². The number of hydrogen-bond acceptors (Lipinski definition) is 3. The van der Waals surface area contributed by atoms with Crippen molar-refractivity contribution in [2.45, 2.75) is 0 Å². The zero-order valence-corrected chi connectivity index (χ0v) is 9.32. The average molecular weight is 252 g/mol. The molecule has 5 heteroatoms. The zero-order valence-electron chi connectivity index (χ0n) is 8.56. The first-order valence-electron chi connectivity index (χ1n) is 4.74. The van der Waals surface area contributed by atoms with E-state index in [0.717, 1.165) is 0 Å². The summed E-state index contributed by atoms with van der Waals surface area (Å²) < 4.78 is 18.7. The Balaban J connectivity index is 2.25. The monoisotopic (exact) mass is 251 g/mol. The summed E-state index contributed by atoms with van der Waals surface area (Å²) in [6.07, 6.45) is 2.00. The van der Waals surface area contributed by atoms with Gasteiger partial charge in [0.25, 0.3) is 0 Å². The third-order valence-electron chi connectivity index (χ3n) is 2.03. The molecule has 86 valence electrons. The Morgan fingerprint density at radius 1 is 1.29 bits per heavy atom. The lowest BCUT2D eigenvalue weighted by Crippen LogP contribution is -1.92. The molecular formula is C12H7ClFNO2. The molecule has 0 aliphatic heterocycles. The van der Waals surface area contributed by atoms with Gasteiger partial charge in [-0.3, -0.25) is 4.79 Å². The third kappa shape index (κ3) is 2.60. The van der Waals surface area contributed by atoms with Crippen molar-refractivity contribution in [2.75, 3.05) is 0 Å². The molecule has 0 radical (unpaired) electrons. The molecule has 0 N–H and O–H groups in total. The van der Waals surface area contributed by atoms with Crippen molar-refractivity contribution in [2.24, 2.45) is 0 Å². The predicted octanol–water partition coefficient (Wildman–Crippen LogP) is 3.48. The van der Waals surface area contributed by atoms with Crippen LogP contribution < -0.4 is 4.74 Å². The van der Waals surface area contributed by atoms with Gasteiger partial charge in [0.05, 0.1) is 5.02 Å². The summed E-state index contributed by atoms with van der Waals surface area (Å²) in [5.74, 6) is -0.462. The molecule has 17 heavy (non-hydrogen) atoms. The molecule has 1 aromatic carbocycles. The van der Waals surface area contributed by atoms with Gasteiger partial charge >= 0.3 is 0 Å². The minimum absolute atomic E-state index is 0.0103. The molecule has 2 rings (SSSR count). The van der Waals surface area contributed by atoms with Gasteiger partial charge in [-0.05, 0) is 18.2 Å². The molecule has 0 aliphatic rings. The van der Waals surface area contributed by atoms with Gasteiger partial charge in [0.2, 0.25) is 5.88 Å². The van der Waals surface area contributed by atoms with Gasteiger partial charge in [0.15, 0.2) is 17.9 Å². The summed E-state index contributed by atoms with van der Waals surface area (Å²) in [6, 6.07) is 7.44. The van der Waals surface area contributed by atoms with Gasteiger partial charge in [-0.2, -0.15) is 0 Å². The fourth-order valence-electron chi connectivity index (χ4n) is 1.20. The Bertz CT molecular complexity index is 543. The van der Waals surface area contributed by atoms with E-state index in [1.807, 2.05) is 0 Å². The van der Waals surface area contributed by atoms with Gasteiger partial charge in [-0.1, -0.05) is 17.7 Å². The summed E-state index contributed by atoms with van der Waals surface area (Å²) in [6.45, 7) is 0. The summed E-state index contributed by atoms with van der Waals surface area (Å²) in [5, 5.41) is -0.0213. The van der Waals surface area contributed by atoms with E-state index in [1.165, 1.54) is 30.5 Å². The number of pyridine rings is 1. The van der Waals surface area contributed by atoms with Crippen molar-refractivity contribution >= 4 is 17.9 Å². The van der Waals surface area contributed by atoms with E-state index in [9.17, 15) is 9.18 Å². The second-order valence-electron chi connectivity index (χ2n) is 3.20. The molecule has 0 unspecified atom stereocenters. The second-order valence-corrected chi connectivity index (χ2v) is 3.61. The molecule has 1 aromatic heterocycles. The quantitative estimate of drug-likeness (QED) is 0.784. The number of carbonyl (C=O) groups is 1. The Labute approximate surface area is 102 Å². The topological polar surface area (TPSA) is 39.2 Å². The van der Waals surface area contributed by atoms with Crippen LogP contribution in [0.25, 0.3) is 0 Å². The fraction of sp³-hybridized carbons (Fsp3) is 0. The molecule has 0 amide bonds. The van der Waals surface area contributed by atoms with Crippen LogP contribution in [0.15, 0.2) is 36.5 Å². The maximum absolute atomic E-state index is 13.5. The summed E-state index contributed by atoms with van der Waals surface area (Å²) in [4.78, 5) is 14.3. The number of carbonyl (C=O) groups excluding carboxylic acids is 1. The van der Waals surface area contributed by atoms with E-state index < -0.39 is 5.82 Å². The highest BCUT2D eigenvalue weighted by Crippen LogP contribution is 2.27. The number of rotatable bonds is 3. The number of benzene rings is 1. The highest BCUT2D eigenvalue weighted by atomic mass is 35.5. The minimum Gasteiger partial charge on any atom is -0.436 e. The van der Waals surface area contributed by atoms with E-state index >= 15 is 0 Å². The Hall–Kier alpha value is -1.94. The van der Waals surface area contributed by atoms with E-state index in [2.05, 4.69) is 4.98 Å². The Morgan fingerprint density at radius 3 is 2.76 bits per heavy atom. The van der Waals surface area contributed by atoms with Crippen LogP contribution in [-0.4, -0.2) is 11.3 Å². The molecule has 0 atom stereocenters. The second kappa shape index (κ2) is 4.93. The molecule has 3 nitrogen and oxygen atoms in total. The lowest BCUT2D eigenvalue weighted by Gasteiger charge is -2.06. The van der Waals surface area contributed by atoms with Crippen LogP contribution in [0.3, 0.4) is 0 Å². The van der Waals surface area contributed by atoms with Crippen LogP contribution in [0.2, 0.25) is 5.02 Å². The number of aromatic nitrogens is 1. The molecule has 2 aromatic rings. The lowest BCUT2D eigenvalue weighted by atomic mass is 10.3. The average Bonchev–Trinajstić information content (AvgIpc) is 2.36. The molecule has 0 fully saturated rings. The van der Waals surface area contributed by atoms with E-state index in [1.54, 1.807) is 6.07 Å². The smallest absolute Gasteiger partial charge is 0.219 e. The molecule has 0 bridgehead atoms. The Morgan fingerprint density at radius 2 is 2.12 bits per heavy atom. The van der Waals surface area contributed by atoms with Crippen molar-refractivity contribution in [1.82, 2.24) is 4.98 Å². The molecular weight excluding hydrogens is 245 g/mol. The van der Waals surface area contributed by atoms with Gasteiger partial charge in [0, 0.05) is 17.8 Å². The van der Waals surface area contributed by atoms with Crippen LogP contribution in [-0.2, 0) is 0 Å². The van der Waals surface area contributed by atoms with Crippen LogP contribution in [0, 0.1) is 5.82 Å². The maximum Gasteiger partial charge on any atom is 0.219 e. The van der Waals surface area contributed by atoms with E-state index in [-0.39, 0.29) is 16.7 Å². The number of ether oxygens (including phenoxy) is 1. The summed E-state index contributed by atoms with van der Waals surface area (Å²) in [7, 11) is 0. The molecule has 0 aliphatic carbocycles. The van der Waals surface area contributed by atoms with Crippen LogP contribution in [0.4, 0.5) is 4.39 Å². The fourth-order valence-corrected chi connectivity index (χ4v) is 1.36. The highest BCUT2D eigenvalue weighted by molar-refractivity contribution is 6.30. The van der Waals surface area contributed by atoms with Crippen molar-refractivity contribution in [3.63, 3.8) is 0 Å². The highest BCUT2D eigenvalue weighted by Gasteiger charge is 2.08. The largest absolute Gasteiger partial charge is 0.436 e. The normalized spacial score (nSPS) is 10.0. The van der Waals surface area contributed by atoms with Gasteiger partial charge in [-0.15, -0.1) is 0 Å². The van der Waals surface area contributed by atoms with Crippen LogP contribution in [0.1, 0.15) is 10.4 Å². The van der Waals surface area contributed by atoms with Crippen LogP contribution in [0.5, 0.6) is 11.6 Å². The van der Waals surface area contributed by atoms with E-state index in [4.69, 9.17) is 16.3 Å². The summed E-state index contributed by atoms with van der Waals surface area (Å²) in [5.41, 5.74) is 0.420. The first-order valence-corrected chi connectivity index (χ1v) is 5.11. The number of nitrogens with zero attached hydrogens (tertiary/aromatic N) is 1. The van der Waals surface area contributed by atoms with Gasteiger partial charge in [0.1, 0.15) is 0 Å². The molecule has 0 saturated heterocycles. The Kier molecular flexibility index (Phi) is 3.35. The van der Waals surface area contributed by atoms with Crippen molar-refractivity contribution in [3.05, 3.63) is 52.9 Å². The number of aldehydes is 1. The zero-order chi connectivity index (χ0) is 12.3. The minimum atomic E-state index is -0.643. The number of halogens is 2.